The summed E-state index contributed by atoms with van der Waals surface area (Å²) < 4.78 is 0. The summed E-state index contributed by atoms with van der Waals surface area (Å²) in [5.41, 5.74) is 3.88. The van der Waals surface area contributed by atoms with E-state index in [2.05, 4.69) is 36.1 Å². The summed E-state index contributed by atoms with van der Waals surface area (Å²) in [6.45, 7) is 8.55. The first-order valence-corrected chi connectivity index (χ1v) is 5.13. The summed E-state index contributed by atoms with van der Waals surface area (Å²) in [4.78, 5) is 8.74. The standard InChI is InChI=1S/C11H17N3/c1-11(2,3)10-8-4-5-12-6-9(8)13-7-14-10/h7,12H,4-6H2,1-3H3. The quantitative estimate of drug-likeness (QED) is 0.674. The lowest BCUT2D eigenvalue weighted by Gasteiger charge is -2.25. The smallest absolute Gasteiger partial charge is 0.116 e. The number of fused-ring (bicyclic) bond motifs is 1. The van der Waals surface area contributed by atoms with Gasteiger partial charge >= 0.3 is 0 Å². The molecular weight excluding hydrogens is 174 g/mol. The van der Waals surface area contributed by atoms with Gasteiger partial charge in [0.05, 0.1) is 11.4 Å². The number of hydrogen-bond donors (Lipinski definition) is 1. The summed E-state index contributed by atoms with van der Waals surface area (Å²) in [5.74, 6) is 0. The molecule has 3 nitrogen and oxygen atoms in total. The average Bonchev–Trinajstić information content (AvgIpc) is 2.15. The number of hydrogen-bond acceptors (Lipinski definition) is 3. The Bertz CT molecular complexity index is 339. The zero-order valence-corrected chi connectivity index (χ0v) is 9.09. The highest BCUT2D eigenvalue weighted by atomic mass is 14.9. The summed E-state index contributed by atoms with van der Waals surface area (Å²) in [6.07, 6.45) is 2.75. The minimum Gasteiger partial charge on any atom is -0.311 e. The lowest BCUT2D eigenvalue weighted by atomic mass is 9.86. The molecule has 0 radical (unpaired) electrons. The van der Waals surface area contributed by atoms with Crippen LogP contribution in [0.2, 0.25) is 0 Å². The van der Waals surface area contributed by atoms with Crippen LogP contribution in [0.25, 0.3) is 0 Å². The Kier molecular flexibility index (Phi) is 2.27. The molecule has 0 amide bonds. The average molecular weight is 191 g/mol. The van der Waals surface area contributed by atoms with Crippen LogP contribution in [0.1, 0.15) is 37.7 Å². The number of aromatic nitrogens is 2. The van der Waals surface area contributed by atoms with Crippen LogP contribution >= 0.6 is 0 Å². The van der Waals surface area contributed by atoms with Gasteiger partial charge in [-0.3, -0.25) is 0 Å². The van der Waals surface area contributed by atoms with Gasteiger partial charge in [0.2, 0.25) is 0 Å². The van der Waals surface area contributed by atoms with Gasteiger partial charge in [0.15, 0.2) is 0 Å². The van der Waals surface area contributed by atoms with Gasteiger partial charge in [-0.2, -0.15) is 0 Å². The maximum atomic E-state index is 4.42. The minimum atomic E-state index is 0.129. The van der Waals surface area contributed by atoms with E-state index in [0.717, 1.165) is 19.5 Å². The molecule has 0 unspecified atom stereocenters. The monoisotopic (exact) mass is 191 g/mol. The van der Waals surface area contributed by atoms with E-state index in [1.807, 2.05) is 0 Å². The van der Waals surface area contributed by atoms with Crippen LogP contribution in [-0.2, 0) is 18.4 Å². The molecule has 1 aromatic rings. The van der Waals surface area contributed by atoms with Crippen molar-refractivity contribution in [2.24, 2.45) is 0 Å². The maximum Gasteiger partial charge on any atom is 0.116 e. The topological polar surface area (TPSA) is 37.8 Å². The predicted molar refractivity (Wildman–Crippen MR) is 56.1 cm³/mol. The van der Waals surface area contributed by atoms with Crippen molar-refractivity contribution in [1.82, 2.24) is 15.3 Å². The highest BCUT2D eigenvalue weighted by Crippen LogP contribution is 2.26. The zero-order chi connectivity index (χ0) is 10.2. The molecule has 1 aliphatic heterocycles. The molecule has 0 aliphatic carbocycles. The van der Waals surface area contributed by atoms with Crippen LogP contribution in [0, 0.1) is 0 Å². The van der Waals surface area contributed by atoms with Crippen LogP contribution in [0.15, 0.2) is 6.33 Å². The van der Waals surface area contributed by atoms with Gasteiger partial charge in [-0.15, -0.1) is 0 Å². The van der Waals surface area contributed by atoms with Crippen LogP contribution in [0.5, 0.6) is 0 Å². The van der Waals surface area contributed by atoms with Crippen molar-refractivity contribution in [2.75, 3.05) is 6.54 Å². The van der Waals surface area contributed by atoms with Gasteiger partial charge in [-0.05, 0) is 18.5 Å². The molecule has 1 N–H and O–H groups in total. The third kappa shape index (κ3) is 1.64. The largest absolute Gasteiger partial charge is 0.311 e. The van der Waals surface area contributed by atoms with Crippen molar-refractivity contribution < 1.29 is 0 Å². The van der Waals surface area contributed by atoms with Gasteiger partial charge in [0, 0.05) is 12.0 Å². The Balaban J connectivity index is 2.51. The summed E-state index contributed by atoms with van der Waals surface area (Å²) in [5, 5.41) is 3.33. The first kappa shape index (κ1) is 9.59. The zero-order valence-electron chi connectivity index (χ0n) is 9.09. The maximum absolute atomic E-state index is 4.42. The first-order valence-electron chi connectivity index (χ1n) is 5.13. The fraction of sp³-hybridized carbons (Fsp3) is 0.636. The third-order valence-corrected chi connectivity index (χ3v) is 2.59. The van der Waals surface area contributed by atoms with Crippen molar-refractivity contribution in [1.29, 1.82) is 0 Å². The molecule has 76 valence electrons. The van der Waals surface area contributed by atoms with Crippen LogP contribution < -0.4 is 5.32 Å². The second-order valence-electron chi connectivity index (χ2n) is 4.82. The molecule has 1 aromatic heterocycles. The fourth-order valence-corrected chi connectivity index (χ4v) is 1.93. The van der Waals surface area contributed by atoms with Crippen molar-refractivity contribution in [3.05, 3.63) is 23.3 Å². The second kappa shape index (κ2) is 3.31. The highest BCUT2D eigenvalue weighted by Gasteiger charge is 2.23. The van der Waals surface area contributed by atoms with E-state index in [-0.39, 0.29) is 5.41 Å². The van der Waals surface area contributed by atoms with Gasteiger partial charge in [-0.25, -0.2) is 9.97 Å². The molecule has 0 saturated carbocycles. The molecule has 3 heteroatoms. The van der Waals surface area contributed by atoms with Crippen molar-refractivity contribution in [2.45, 2.75) is 39.2 Å². The van der Waals surface area contributed by atoms with Gasteiger partial charge in [0.1, 0.15) is 6.33 Å². The van der Waals surface area contributed by atoms with E-state index in [1.165, 1.54) is 17.0 Å². The van der Waals surface area contributed by atoms with Gasteiger partial charge in [-0.1, -0.05) is 20.8 Å². The second-order valence-corrected chi connectivity index (χ2v) is 4.82. The summed E-state index contributed by atoms with van der Waals surface area (Å²) >= 11 is 0. The predicted octanol–water partition coefficient (Wildman–Crippen LogP) is 1.42. The molecule has 1 aliphatic rings. The normalized spacial score (nSPS) is 16.5. The Morgan fingerprint density at radius 3 is 2.79 bits per heavy atom. The van der Waals surface area contributed by atoms with E-state index < -0.39 is 0 Å². The van der Waals surface area contributed by atoms with Crippen molar-refractivity contribution in [3.63, 3.8) is 0 Å². The minimum absolute atomic E-state index is 0.129. The van der Waals surface area contributed by atoms with Crippen molar-refractivity contribution >= 4 is 0 Å². The molecule has 0 spiro atoms. The SMILES string of the molecule is CC(C)(C)c1ncnc2c1CCNC2. The van der Waals surface area contributed by atoms with Crippen LogP contribution in [-0.4, -0.2) is 16.5 Å². The van der Waals surface area contributed by atoms with Crippen molar-refractivity contribution in [3.8, 4) is 0 Å². The van der Waals surface area contributed by atoms with E-state index in [4.69, 9.17) is 0 Å². The molecule has 14 heavy (non-hydrogen) atoms. The van der Waals surface area contributed by atoms with Crippen LogP contribution in [0.4, 0.5) is 0 Å². The highest BCUT2D eigenvalue weighted by molar-refractivity contribution is 5.31. The Labute approximate surface area is 85.0 Å². The lowest BCUT2D eigenvalue weighted by molar-refractivity contribution is 0.535. The van der Waals surface area contributed by atoms with Crippen LogP contribution in [0.3, 0.4) is 0 Å². The number of nitrogens with one attached hydrogen (secondary N) is 1. The molecule has 2 rings (SSSR count). The van der Waals surface area contributed by atoms with Gasteiger partial charge < -0.3 is 5.32 Å². The third-order valence-electron chi connectivity index (χ3n) is 2.59. The van der Waals surface area contributed by atoms with E-state index in [9.17, 15) is 0 Å². The number of rotatable bonds is 0. The fourth-order valence-electron chi connectivity index (χ4n) is 1.93. The summed E-state index contributed by atoms with van der Waals surface area (Å²) in [6, 6.07) is 0. The van der Waals surface area contributed by atoms with E-state index >= 15 is 0 Å². The van der Waals surface area contributed by atoms with E-state index in [1.54, 1.807) is 6.33 Å². The molecule has 0 atom stereocenters. The van der Waals surface area contributed by atoms with E-state index in [0.29, 0.717) is 0 Å². The molecular formula is C11H17N3. The van der Waals surface area contributed by atoms with Gasteiger partial charge in [0.25, 0.3) is 0 Å². The molecule has 0 saturated heterocycles. The Hall–Kier alpha value is -0.960. The number of nitrogens with zero attached hydrogens (tertiary/aromatic N) is 2. The Morgan fingerprint density at radius 1 is 1.29 bits per heavy atom. The molecule has 0 fully saturated rings. The lowest BCUT2D eigenvalue weighted by Crippen LogP contribution is -2.29. The Morgan fingerprint density at radius 2 is 2.07 bits per heavy atom. The molecule has 2 heterocycles. The molecule has 0 aromatic carbocycles. The first-order chi connectivity index (χ1) is 6.59. The molecule has 0 bridgehead atoms. The summed E-state index contributed by atoms with van der Waals surface area (Å²) in [7, 11) is 0.